The van der Waals surface area contributed by atoms with Crippen LogP contribution in [0.5, 0.6) is 0 Å². The molecule has 2 nitrogen and oxygen atoms in total. The van der Waals surface area contributed by atoms with Crippen molar-refractivity contribution in [2.75, 3.05) is 13.2 Å². The van der Waals surface area contributed by atoms with Crippen molar-refractivity contribution in [1.29, 1.82) is 0 Å². The van der Waals surface area contributed by atoms with E-state index in [1.165, 1.54) is 24.0 Å². The topological polar surface area (TPSA) is 32.3 Å². The molecule has 17 heavy (non-hydrogen) atoms. The summed E-state index contributed by atoms with van der Waals surface area (Å²) in [5, 5.41) is 12.5. The van der Waals surface area contributed by atoms with E-state index in [0.717, 1.165) is 12.5 Å². The summed E-state index contributed by atoms with van der Waals surface area (Å²) < 4.78 is 0. The Morgan fingerprint density at radius 2 is 1.94 bits per heavy atom. The number of benzene rings is 1. The molecule has 0 aromatic heterocycles. The van der Waals surface area contributed by atoms with Crippen molar-refractivity contribution >= 4 is 0 Å². The van der Waals surface area contributed by atoms with Gasteiger partial charge in [-0.1, -0.05) is 36.8 Å². The van der Waals surface area contributed by atoms with Crippen LogP contribution in [-0.4, -0.2) is 24.3 Å². The van der Waals surface area contributed by atoms with E-state index < -0.39 is 0 Å². The zero-order chi connectivity index (χ0) is 12.3. The van der Waals surface area contributed by atoms with Gasteiger partial charge in [0.25, 0.3) is 0 Å². The van der Waals surface area contributed by atoms with Crippen LogP contribution >= 0.6 is 0 Å². The first kappa shape index (κ1) is 12.6. The fourth-order valence-corrected chi connectivity index (χ4v) is 2.33. The smallest absolute Gasteiger partial charge is 0.0468 e. The highest BCUT2D eigenvalue weighted by Crippen LogP contribution is 2.36. The molecule has 0 radical (unpaired) electrons. The normalized spacial score (nSPS) is 25.4. The highest BCUT2D eigenvalue weighted by Gasteiger charge is 2.29. The first-order valence-electron chi connectivity index (χ1n) is 6.60. The standard InChI is InChI=1S/C15H23NO/c1-11-3-5-13(6-4-11)14-7-15(8-14)16-9-12(2)10-17/h3-6,12,14-17H,7-10H2,1-2H3. The third-order valence-corrected chi connectivity index (χ3v) is 3.75. The van der Waals surface area contributed by atoms with Crippen LogP contribution in [0.4, 0.5) is 0 Å². The number of nitrogens with one attached hydrogen (secondary N) is 1. The molecule has 1 unspecified atom stereocenters. The van der Waals surface area contributed by atoms with E-state index in [0.29, 0.717) is 12.0 Å². The minimum Gasteiger partial charge on any atom is -0.396 e. The predicted molar refractivity (Wildman–Crippen MR) is 71.2 cm³/mol. The maximum Gasteiger partial charge on any atom is 0.0468 e. The number of aliphatic hydroxyl groups is 1. The van der Waals surface area contributed by atoms with Crippen molar-refractivity contribution in [3.05, 3.63) is 35.4 Å². The fourth-order valence-electron chi connectivity index (χ4n) is 2.33. The molecule has 2 heteroatoms. The summed E-state index contributed by atoms with van der Waals surface area (Å²) in [6.07, 6.45) is 2.47. The molecule has 2 N–H and O–H groups in total. The molecule has 0 heterocycles. The Labute approximate surface area is 104 Å². The lowest BCUT2D eigenvalue weighted by Crippen LogP contribution is -2.42. The van der Waals surface area contributed by atoms with Gasteiger partial charge in [0.2, 0.25) is 0 Å². The van der Waals surface area contributed by atoms with Crippen LogP contribution in [0, 0.1) is 12.8 Å². The Bertz CT molecular complexity index is 340. The van der Waals surface area contributed by atoms with Crippen LogP contribution < -0.4 is 5.32 Å². The average molecular weight is 233 g/mol. The summed E-state index contributed by atoms with van der Waals surface area (Å²) in [5.74, 6) is 1.10. The summed E-state index contributed by atoms with van der Waals surface area (Å²) >= 11 is 0. The van der Waals surface area contributed by atoms with Gasteiger partial charge in [0.05, 0.1) is 0 Å². The number of hydrogen-bond acceptors (Lipinski definition) is 2. The highest BCUT2D eigenvalue weighted by atomic mass is 16.3. The molecule has 1 aliphatic carbocycles. The molecule has 0 bridgehead atoms. The summed E-state index contributed by atoms with van der Waals surface area (Å²) in [6.45, 7) is 5.41. The van der Waals surface area contributed by atoms with Gasteiger partial charge in [-0.3, -0.25) is 0 Å². The van der Waals surface area contributed by atoms with Gasteiger partial charge in [-0.05, 0) is 37.2 Å². The quantitative estimate of drug-likeness (QED) is 0.819. The van der Waals surface area contributed by atoms with E-state index in [1.807, 2.05) is 0 Å². The van der Waals surface area contributed by atoms with Crippen LogP contribution in [0.3, 0.4) is 0 Å². The van der Waals surface area contributed by atoms with Crippen molar-refractivity contribution in [2.45, 2.75) is 38.6 Å². The van der Waals surface area contributed by atoms with E-state index in [4.69, 9.17) is 5.11 Å². The Balaban J connectivity index is 1.73. The third kappa shape index (κ3) is 3.30. The number of aliphatic hydroxyl groups excluding tert-OH is 1. The van der Waals surface area contributed by atoms with E-state index >= 15 is 0 Å². The van der Waals surface area contributed by atoms with Crippen LogP contribution in [0.25, 0.3) is 0 Å². The minimum absolute atomic E-state index is 0.279. The lowest BCUT2D eigenvalue weighted by Gasteiger charge is -2.37. The Hall–Kier alpha value is -0.860. The second-order valence-electron chi connectivity index (χ2n) is 5.47. The molecule has 1 aromatic carbocycles. The van der Waals surface area contributed by atoms with Crippen molar-refractivity contribution in [3.63, 3.8) is 0 Å². The Morgan fingerprint density at radius 3 is 2.53 bits per heavy atom. The van der Waals surface area contributed by atoms with Gasteiger partial charge in [0, 0.05) is 19.2 Å². The summed E-state index contributed by atoms with van der Waals surface area (Å²) in [4.78, 5) is 0. The summed E-state index contributed by atoms with van der Waals surface area (Å²) in [6, 6.07) is 9.56. The molecule has 1 aliphatic rings. The first-order chi connectivity index (χ1) is 8.19. The molecule has 94 valence electrons. The van der Waals surface area contributed by atoms with Crippen LogP contribution in [0.1, 0.15) is 36.8 Å². The van der Waals surface area contributed by atoms with Crippen molar-refractivity contribution in [1.82, 2.24) is 5.32 Å². The minimum atomic E-state index is 0.279. The van der Waals surface area contributed by atoms with Crippen LogP contribution in [0.2, 0.25) is 0 Å². The summed E-state index contributed by atoms with van der Waals surface area (Å²) in [5.41, 5.74) is 2.81. The molecular formula is C15H23NO. The molecular weight excluding hydrogens is 210 g/mol. The lowest BCUT2D eigenvalue weighted by molar-refractivity contribution is 0.213. The van der Waals surface area contributed by atoms with Gasteiger partial charge in [0.15, 0.2) is 0 Å². The molecule has 0 spiro atoms. The van der Waals surface area contributed by atoms with E-state index in [1.54, 1.807) is 0 Å². The van der Waals surface area contributed by atoms with Gasteiger partial charge < -0.3 is 10.4 Å². The molecule has 0 amide bonds. The van der Waals surface area contributed by atoms with Crippen molar-refractivity contribution in [2.24, 2.45) is 5.92 Å². The number of rotatable bonds is 5. The lowest BCUT2D eigenvalue weighted by atomic mass is 9.75. The third-order valence-electron chi connectivity index (χ3n) is 3.75. The van der Waals surface area contributed by atoms with E-state index in [9.17, 15) is 0 Å². The van der Waals surface area contributed by atoms with Gasteiger partial charge in [-0.15, -0.1) is 0 Å². The van der Waals surface area contributed by atoms with E-state index in [-0.39, 0.29) is 6.61 Å². The maximum absolute atomic E-state index is 8.95. The molecule has 1 aromatic rings. The van der Waals surface area contributed by atoms with Crippen molar-refractivity contribution < 1.29 is 5.11 Å². The highest BCUT2D eigenvalue weighted by molar-refractivity contribution is 5.26. The first-order valence-corrected chi connectivity index (χ1v) is 6.60. The largest absolute Gasteiger partial charge is 0.396 e. The SMILES string of the molecule is Cc1ccc(C2CC(NCC(C)CO)C2)cc1. The van der Waals surface area contributed by atoms with Gasteiger partial charge >= 0.3 is 0 Å². The molecule has 1 fully saturated rings. The Kier molecular flexibility index (Phi) is 4.19. The zero-order valence-electron chi connectivity index (χ0n) is 10.8. The maximum atomic E-state index is 8.95. The fraction of sp³-hybridized carbons (Fsp3) is 0.600. The average Bonchev–Trinajstić information content (AvgIpc) is 2.29. The monoisotopic (exact) mass is 233 g/mol. The second kappa shape index (κ2) is 5.65. The molecule has 0 saturated heterocycles. The number of hydrogen-bond donors (Lipinski definition) is 2. The van der Waals surface area contributed by atoms with Gasteiger partial charge in [0.1, 0.15) is 0 Å². The number of aryl methyl sites for hydroxylation is 1. The zero-order valence-corrected chi connectivity index (χ0v) is 10.8. The predicted octanol–water partition coefficient (Wildman–Crippen LogP) is 2.46. The van der Waals surface area contributed by atoms with Crippen LogP contribution in [0.15, 0.2) is 24.3 Å². The summed E-state index contributed by atoms with van der Waals surface area (Å²) in [7, 11) is 0. The van der Waals surface area contributed by atoms with Gasteiger partial charge in [-0.2, -0.15) is 0 Å². The van der Waals surface area contributed by atoms with E-state index in [2.05, 4.69) is 43.4 Å². The Morgan fingerprint density at radius 1 is 1.29 bits per heavy atom. The molecule has 1 saturated carbocycles. The van der Waals surface area contributed by atoms with Crippen LogP contribution in [-0.2, 0) is 0 Å². The molecule has 1 atom stereocenters. The molecule has 0 aliphatic heterocycles. The van der Waals surface area contributed by atoms with Crippen molar-refractivity contribution in [3.8, 4) is 0 Å². The van der Waals surface area contributed by atoms with Gasteiger partial charge in [-0.25, -0.2) is 0 Å². The molecule has 2 rings (SSSR count). The second-order valence-corrected chi connectivity index (χ2v) is 5.47.